The van der Waals surface area contributed by atoms with Gasteiger partial charge in [0.25, 0.3) is 5.91 Å². The maximum absolute atomic E-state index is 12.8. The maximum Gasteiger partial charge on any atom is 0.292 e. The second kappa shape index (κ2) is 8.53. The molecule has 2 aliphatic rings. The molecule has 0 saturated carbocycles. The molecule has 29 heavy (non-hydrogen) atoms. The van der Waals surface area contributed by atoms with Crippen molar-refractivity contribution in [1.82, 2.24) is 0 Å². The fourth-order valence-electron chi connectivity index (χ4n) is 3.48. The number of anilines is 1. The van der Waals surface area contributed by atoms with E-state index in [4.69, 9.17) is 14.2 Å². The molecule has 2 N–H and O–H groups in total. The monoisotopic (exact) mass is 397 g/mol. The molecule has 0 unspecified atom stereocenters. The first-order valence-electron chi connectivity index (χ1n) is 9.97. The minimum absolute atomic E-state index is 0.179. The number of carbonyl (C=O) groups is 2. The molecular weight excluding hydrogens is 372 g/mol. The zero-order valence-electron chi connectivity index (χ0n) is 16.4. The third-order valence-corrected chi connectivity index (χ3v) is 5.12. The van der Waals surface area contributed by atoms with Gasteiger partial charge >= 0.3 is 0 Å². The number of carbonyl (C=O) groups excluding carboxylic acids is 2. The Morgan fingerprint density at radius 3 is 2.69 bits per heavy atom. The minimum Gasteiger partial charge on any atom is -0.494 e. The van der Waals surface area contributed by atoms with E-state index in [9.17, 15) is 9.59 Å². The van der Waals surface area contributed by atoms with Crippen molar-refractivity contribution in [1.29, 1.82) is 0 Å². The van der Waals surface area contributed by atoms with E-state index in [1.807, 2.05) is 23.5 Å². The van der Waals surface area contributed by atoms with E-state index in [1.165, 1.54) is 4.90 Å². The number of benzene rings is 2. The third-order valence-electron chi connectivity index (χ3n) is 5.12. The van der Waals surface area contributed by atoms with Crippen molar-refractivity contribution in [3.63, 3.8) is 0 Å². The highest BCUT2D eigenvalue weighted by Gasteiger charge is 2.42. The van der Waals surface area contributed by atoms with Crippen molar-refractivity contribution in [3.05, 3.63) is 48.0 Å². The average Bonchev–Trinajstić information content (AvgIpc) is 3.31. The quantitative estimate of drug-likeness (QED) is 0.544. The normalized spacial score (nSPS) is 17.8. The fraction of sp³-hybridized carbons (Fsp3) is 0.364. The average molecular weight is 397 g/mol. The zero-order valence-corrected chi connectivity index (χ0v) is 16.4. The van der Waals surface area contributed by atoms with Crippen LogP contribution in [-0.2, 0) is 16.1 Å². The van der Waals surface area contributed by atoms with Crippen molar-refractivity contribution < 1.29 is 29.1 Å². The van der Waals surface area contributed by atoms with Gasteiger partial charge in [-0.05, 0) is 48.9 Å². The summed E-state index contributed by atoms with van der Waals surface area (Å²) in [6, 6.07) is 12.4. The lowest BCUT2D eigenvalue weighted by atomic mass is 10.1. The van der Waals surface area contributed by atoms with E-state index in [0.717, 1.165) is 29.9 Å². The van der Waals surface area contributed by atoms with Crippen LogP contribution in [0.15, 0.2) is 42.5 Å². The summed E-state index contributed by atoms with van der Waals surface area (Å²) in [6.07, 6.45) is 2.25. The summed E-state index contributed by atoms with van der Waals surface area (Å²) in [4.78, 5) is 26.6. The Labute approximate surface area is 169 Å². The van der Waals surface area contributed by atoms with Gasteiger partial charge in [0, 0.05) is 5.56 Å². The second-order valence-electron chi connectivity index (χ2n) is 7.20. The van der Waals surface area contributed by atoms with E-state index in [0.29, 0.717) is 24.6 Å². The molecule has 4 rings (SSSR count). The molecule has 0 aromatic heterocycles. The van der Waals surface area contributed by atoms with Gasteiger partial charge in [0.05, 0.1) is 18.7 Å². The highest BCUT2D eigenvalue weighted by Crippen LogP contribution is 2.32. The molecule has 1 fully saturated rings. The molecule has 152 valence electrons. The number of rotatable bonds is 8. The molecule has 7 nitrogen and oxygen atoms in total. The van der Waals surface area contributed by atoms with Crippen LogP contribution in [0.4, 0.5) is 5.69 Å². The summed E-state index contributed by atoms with van der Waals surface area (Å²) in [6.45, 7) is 3.58. The lowest BCUT2D eigenvalue weighted by Crippen LogP contribution is -2.90. The number of nitrogens with zero attached hydrogens (tertiary/aromatic N) is 1. The van der Waals surface area contributed by atoms with Gasteiger partial charge in [-0.1, -0.05) is 13.3 Å². The molecule has 0 aliphatic carbocycles. The lowest BCUT2D eigenvalue weighted by molar-refractivity contribution is -0.690. The van der Waals surface area contributed by atoms with Crippen LogP contribution in [0.2, 0.25) is 0 Å². The van der Waals surface area contributed by atoms with Crippen LogP contribution in [-0.4, -0.2) is 31.3 Å². The number of ether oxygens (including phenoxy) is 3. The molecule has 1 saturated heterocycles. The number of amides is 2. The van der Waals surface area contributed by atoms with Crippen molar-refractivity contribution in [2.45, 2.75) is 38.8 Å². The van der Waals surface area contributed by atoms with Gasteiger partial charge in [-0.3, -0.25) is 9.59 Å². The van der Waals surface area contributed by atoms with Crippen LogP contribution in [0.5, 0.6) is 17.2 Å². The van der Waals surface area contributed by atoms with Crippen LogP contribution in [0.25, 0.3) is 0 Å². The summed E-state index contributed by atoms with van der Waals surface area (Å²) in [5.74, 6) is 1.82. The van der Waals surface area contributed by atoms with E-state index < -0.39 is 6.04 Å². The molecule has 0 radical (unpaired) electrons. The van der Waals surface area contributed by atoms with E-state index in [1.54, 1.807) is 24.3 Å². The van der Waals surface area contributed by atoms with Gasteiger partial charge < -0.3 is 19.5 Å². The first-order valence-corrected chi connectivity index (χ1v) is 9.97. The van der Waals surface area contributed by atoms with Crippen LogP contribution >= 0.6 is 0 Å². The minimum atomic E-state index is -0.423. The standard InChI is InChI=1S/C22H24N2O5/c1-2-3-10-27-17-7-5-16(6-8-17)24-21(25)12-18(22(24)26)23-13-15-4-9-19-20(11-15)29-14-28-19/h4-9,11,18,23H,2-3,10,12-14H2,1H3/p+1/t18-/m0/s1. The van der Waals surface area contributed by atoms with Crippen LogP contribution in [0.1, 0.15) is 31.7 Å². The highest BCUT2D eigenvalue weighted by atomic mass is 16.7. The van der Waals surface area contributed by atoms with Gasteiger partial charge in [-0.2, -0.15) is 0 Å². The number of hydrogen-bond donors (Lipinski definition) is 1. The number of unbranched alkanes of at least 4 members (excludes halogenated alkanes) is 1. The molecule has 0 bridgehead atoms. The summed E-state index contributed by atoms with van der Waals surface area (Å²) in [5, 5.41) is 1.90. The number of fused-ring (bicyclic) bond motifs is 1. The number of nitrogens with two attached hydrogens (primary N) is 1. The summed E-state index contributed by atoms with van der Waals surface area (Å²) in [5.41, 5.74) is 1.60. The molecular formula is C22H25N2O5+. The zero-order chi connectivity index (χ0) is 20.2. The number of hydrogen-bond acceptors (Lipinski definition) is 5. The van der Waals surface area contributed by atoms with Gasteiger partial charge in [-0.25, -0.2) is 4.90 Å². The lowest BCUT2D eigenvalue weighted by Gasteiger charge is -2.15. The van der Waals surface area contributed by atoms with Crippen LogP contribution in [0, 0.1) is 0 Å². The van der Waals surface area contributed by atoms with Gasteiger partial charge in [0.15, 0.2) is 17.5 Å². The maximum atomic E-state index is 12.8. The van der Waals surface area contributed by atoms with E-state index in [-0.39, 0.29) is 25.0 Å². The molecule has 1 atom stereocenters. The predicted octanol–water partition coefficient (Wildman–Crippen LogP) is 1.99. The smallest absolute Gasteiger partial charge is 0.292 e. The van der Waals surface area contributed by atoms with Crippen molar-refractivity contribution in [2.24, 2.45) is 0 Å². The first kappa shape index (κ1) is 19.3. The fourth-order valence-corrected chi connectivity index (χ4v) is 3.48. The molecule has 2 heterocycles. The van der Waals surface area contributed by atoms with Gasteiger partial charge in [-0.15, -0.1) is 0 Å². The topological polar surface area (TPSA) is 81.7 Å². The first-order chi connectivity index (χ1) is 14.2. The van der Waals surface area contributed by atoms with Crippen molar-refractivity contribution in [2.75, 3.05) is 18.3 Å². The van der Waals surface area contributed by atoms with Gasteiger partial charge in [0.2, 0.25) is 12.7 Å². The van der Waals surface area contributed by atoms with Gasteiger partial charge in [0.1, 0.15) is 12.3 Å². The Hall–Kier alpha value is -3.06. The Balaban J connectivity index is 1.37. The predicted molar refractivity (Wildman–Crippen MR) is 106 cm³/mol. The molecule has 7 heteroatoms. The Bertz CT molecular complexity index is 897. The largest absolute Gasteiger partial charge is 0.494 e. The summed E-state index contributed by atoms with van der Waals surface area (Å²) < 4.78 is 16.3. The molecule has 2 aromatic carbocycles. The third kappa shape index (κ3) is 4.19. The second-order valence-corrected chi connectivity index (χ2v) is 7.20. The molecule has 2 aliphatic heterocycles. The summed E-state index contributed by atoms with van der Waals surface area (Å²) >= 11 is 0. The Kier molecular flexibility index (Phi) is 5.67. The van der Waals surface area contributed by atoms with E-state index in [2.05, 4.69) is 6.92 Å². The van der Waals surface area contributed by atoms with Crippen LogP contribution in [0.3, 0.4) is 0 Å². The van der Waals surface area contributed by atoms with E-state index >= 15 is 0 Å². The highest BCUT2D eigenvalue weighted by molar-refractivity contribution is 6.21. The number of quaternary nitrogens is 1. The van der Waals surface area contributed by atoms with Crippen molar-refractivity contribution in [3.8, 4) is 17.2 Å². The summed E-state index contributed by atoms with van der Waals surface area (Å²) in [7, 11) is 0. The van der Waals surface area contributed by atoms with Crippen molar-refractivity contribution >= 4 is 17.5 Å². The van der Waals surface area contributed by atoms with Crippen LogP contribution < -0.4 is 24.4 Å². The number of imide groups is 1. The Morgan fingerprint density at radius 2 is 1.90 bits per heavy atom. The Morgan fingerprint density at radius 1 is 1.10 bits per heavy atom. The molecule has 2 amide bonds. The SMILES string of the molecule is CCCCOc1ccc(N2C(=O)C[C@H]([NH2+]Cc3ccc4c(c3)OCO4)C2=O)cc1. The molecule has 2 aromatic rings. The molecule has 0 spiro atoms.